The topological polar surface area (TPSA) is 110 Å². The molecule has 1 aliphatic rings. The number of aromatic nitrogens is 3. The van der Waals surface area contributed by atoms with Crippen molar-refractivity contribution in [3.05, 3.63) is 28.7 Å². The summed E-state index contributed by atoms with van der Waals surface area (Å²) in [4.78, 5) is 4.62. The molecule has 0 saturated carbocycles. The van der Waals surface area contributed by atoms with Gasteiger partial charge in [-0.25, -0.2) is 4.98 Å². The number of nitrogens with two attached hydrogens (primary N) is 1. The van der Waals surface area contributed by atoms with Gasteiger partial charge < -0.3 is 15.6 Å². The summed E-state index contributed by atoms with van der Waals surface area (Å²) in [7, 11) is 0. The number of aliphatic hydroxyl groups is 1. The van der Waals surface area contributed by atoms with Crippen LogP contribution >= 0.6 is 0 Å². The maximum atomic E-state index is 9.71. The van der Waals surface area contributed by atoms with Crippen LogP contribution in [0.5, 0.6) is 0 Å². The van der Waals surface area contributed by atoms with Gasteiger partial charge >= 0.3 is 0 Å². The van der Waals surface area contributed by atoms with Crippen molar-refractivity contribution in [2.45, 2.75) is 58.6 Å². The number of pyridine rings is 1. The van der Waals surface area contributed by atoms with E-state index < -0.39 is 0 Å². The van der Waals surface area contributed by atoms with Gasteiger partial charge in [-0.05, 0) is 46.1 Å². The Labute approximate surface area is 159 Å². The van der Waals surface area contributed by atoms with Crippen LogP contribution < -0.4 is 5.73 Å². The maximum absolute atomic E-state index is 9.71. The van der Waals surface area contributed by atoms with Gasteiger partial charge in [-0.2, -0.15) is 10.4 Å². The average Bonchev–Trinajstić information content (AvgIpc) is 2.95. The van der Waals surface area contributed by atoms with Crippen LogP contribution in [0.15, 0.2) is 6.20 Å². The molecule has 7 heteroatoms. The Morgan fingerprint density at radius 1 is 1.44 bits per heavy atom. The number of nitrogens with zero attached hydrogens (tertiary/aromatic N) is 4. The summed E-state index contributed by atoms with van der Waals surface area (Å²) >= 11 is 0. The third kappa shape index (κ3) is 3.68. The van der Waals surface area contributed by atoms with Gasteiger partial charge in [0.1, 0.15) is 17.5 Å². The van der Waals surface area contributed by atoms with Crippen molar-refractivity contribution >= 4 is 5.82 Å². The molecule has 0 unspecified atom stereocenters. The Hall–Kier alpha value is -2.43. The van der Waals surface area contributed by atoms with Gasteiger partial charge in [0.15, 0.2) is 0 Å². The molecule has 144 valence electrons. The fourth-order valence-corrected chi connectivity index (χ4v) is 4.01. The molecular weight excluding hydrogens is 342 g/mol. The third-order valence-electron chi connectivity index (χ3n) is 5.25. The van der Waals surface area contributed by atoms with E-state index in [9.17, 15) is 10.4 Å². The minimum atomic E-state index is -0.207. The van der Waals surface area contributed by atoms with Crippen molar-refractivity contribution in [1.29, 1.82) is 5.26 Å². The molecule has 0 bridgehead atoms. The smallest absolute Gasteiger partial charge is 0.142 e. The molecule has 0 radical (unpaired) electrons. The van der Waals surface area contributed by atoms with E-state index in [-0.39, 0.29) is 23.9 Å². The second-order valence-corrected chi connectivity index (χ2v) is 7.78. The van der Waals surface area contributed by atoms with Crippen LogP contribution in [0.3, 0.4) is 0 Å². The van der Waals surface area contributed by atoms with Gasteiger partial charge in [0.25, 0.3) is 0 Å². The van der Waals surface area contributed by atoms with Crippen molar-refractivity contribution < 1.29 is 9.84 Å². The van der Waals surface area contributed by atoms with Crippen LogP contribution in [0.4, 0.5) is 5.82 Å². The zero-order valence-corrected chi connectivity index (χ0v) is 16.4. The molecule has 7 nitrogen and oxygen atoms in total. The summed E-state index contributed by atoms with van der Waals surface area (Å²) in [6.07, 6.45) is 3.60. The van der Waals surface area contributed by atoms with Gasteiger partial charge in [0.05, 0.1) is 24.4 Å². The first kappa shape index (κ1) is 19.3. The molecule has 3 heterocycles. The molecule has 1 fully saturated rings. The first-order chi connectivity index (χ1) is 12.8. The highest BCUT2D eigenvalue weighted by Crippen LogP contribution is 2.41. The first-order valence-electron chi connectivity index (χ1n) is 9.26. The zero-order chi connectivity index (χ0) is 19.8. The molecule has 0 amide bonds. The Morgan fingerprint density at radius 3 is 2.81 bits per heavy atom. The Kier molecular flexibility index (Phi) is 5.22. The minimum absolute atomic E-state index is 0.00550. The molecule has 2 aromatic heterocycles. The number of anilines is 1. The van der Waals surface area contributed by atoms with Crippen LogP contribution in [0.2, 0.25) is 0 Å². The van der Waals surface area contributed by atoms with Crippen LogP contribution in [-0.4, -0.2) is 38.7 Å². The van der Waals surface area contributed by atoms with E-state index in [1.165, 1.54) is 0 Å². The molecule has 1 atom stereocenters. The molecular formula is C20H27N5O2. The fourth-order valence-electron chi connectivity index (χ4n) is 4.01. The summed E-state index contributed by atoms with van der Waals surface area (Å²) in [5.74, 6) is 0.488. The highest BCUT2D eigenvalue weighted by atomic mass is 16.5. The summed E-state index contributed by atoms with van der Waals surface area (Å²) < 4.78 is 7.54. The van der Waals surface area contributed by atoms with Crippen LogP contribution in [-0.2, 0) is 11.3 Å². The van der Waals surface area contributed by atoms with Gasteiger partial charge in [-0.1, -0.05) is 0 Å². The Balaban J connectivity index is 2.16. The monoisotopic (exact) mass is 369 g/mol. The highest BCUT2D eigenvalue weighted by molar-refractivity contribution is 5.80. The second-order valence-electron chi connectivity index (χ2n) is 7.78. The van der Waals surface area contributed by atoms with E-state index in [4.69, 9.17) is 10.5 Å². The predicted molar refractivity (Wildman–Crippen MR) is 103 cm³/mol. The number of aliphatic hydroxyl groups excluding tert-OH is 1. The van der Waals surface area contributed by atoms with Crippen LogP contribution in [0, 0.1) is 25.2 Å². The van der Waals surface area contributed by atoms with Crippen LogP contribution in [0.1, 0.15) is 55.1 Å². The van der Waals surface area contributed by atoms with Crippen molar-refractivity contribution in [1.82, 2.24) is 14.8 Å². The van der Waals surface area contributed by atoms with Crippen molar-refractivity contribution in [2.24, 2.45) is 0 Å². The number of aryl methyl sites for hydroxylation is 1. The van der Waals surface area contributed by atoms with E-state index >= 15 is 0 Å². The van der Waals surface area contributed by atoms with Crippen LogP contribution in [0.25, 0.3) is 11.1 Å². The number of nitriles is 1. The molecule has 2 aromatic rings. The molecule has 27 heavy (non-hydrogen) atoms. The standard InChI is InChI=1S/C20H27N5O2/c1-12-17(16-11-25(6-7-26)24-13(16)2)15(10-21)19(22)23-18(12)14-5-8-27-20(3,4)9-14/h11,14,26H,5-9H2,1-4H3,(H2,22,23)/t14-/m0/s1. The number of rotatable bonds is 4. The fraction of sp³-hybridized carbons (Fsp3) is 0.550. The summed E-state index contributed by atoms with van der Waals surface area (Å²) in [5.41, 5.74) is 10.7. The van der Waals surface area contributed by atoms with E-state index in [0.29, 0.717) is 18.7 Å². The van der Waals surface area contributed by atoms with Gasteiger partial charge in [-0.3, -0.25) is 4.68 Å². The number of hydrogen-bond donors (Lipinski definition) is 2. The Morgan fingerprint density at radius 2 is 2.19 bits per heavy atom. The molecule has 0 spiro atoms. The SMILES string of the molecule is Cc1nn(CCO)cc1-c1c(C)c([C@H]2CCOC(C)(C)C2)nc(N)c1C#N. The minimum Gasteiger partial charge on any atom is -0.394 e. The molecule has 3 N–H and O–H groups in total. The summed E-state index contributed by atoms with van der Waals surface area (Å²) in [6.45, 7) is 9.17. The zero-order valence-electron chi connectivity index (χ0n) is 16.4. The molecule has 3 rings (SSSR count). The largest absolute Gasteiger partial charge is 0.394 e. The second kappa shape index (κ2) is 7.29. The maximum Gasteiger partial charge on any atom is 0.142 e. The average molecular weight is 369 g/mol. The van der Waals surface area contributed by atoms with E-state index in [1.54, 1.807) is 4.68 Å². The molecule has 0 aromatic carbocycles. The van der Waals surface area contributed by atoms with Crippen molar-refractivity contribution in [3.8, 4) is 17.2 Å². The quantitative estimate of drug-likeness (QED) is 0.857. The third-order valence-corrected chi connectivity index (χ3v) is 5.25. The predicted octanol–water partition coefficient (Wildman–Crippen LogP) is 2.68. The van der Waals surface area contributed by atoms with E-state index in [1.807, 2.05) is 20.0 Å². The number of nitrogen functional groups attached to an aromatic ring is 1. The lowest BCUT2D eigenvalue weighted by atomic mass is 9.82. The van der Waals surface area contributed by atoms with Crippen molar-refractivity contribution in [3.63, 3.8) is 0 Å². The summed E-state index contributed by atoms with van der Waals surface area (Å²) in [5, 5.41) is 23.4. The molecule has 1 saturated heterocycles. The molecule has 1 aliphatic heterocycles. The van der Waals surface area contributed by atoms with Gasteiger partial charge in [0, 0.05) is 35.5 Å². The number of ether oxygens (including phenoxy) is 1. The number of hydrogen-bond acceptors (Lipinski definition) is 6. The van der Waals surface area contributed by atoms with E-state index in [0.717, 1.165) is 40.9 Å². The lowest BCUT2D eigenvalue weighted by Crippen LogP contribution is -2.33. The lowest BCUT2D eigenvalue weighted by Gasteiger charge is -2.36. The van der Waals surface area contributed by atoms with E-state index in [2.05, 4.69) is 30.0 Å². The summed E-state index contributed by atoms with van der Waals surface area (Å²) in [6, 6.07) is 2.22. The highest BCUT2D eigenvalue weighted by Gasteiger charge is 2.33. The normalized spacial score (nSPS) is 19.0. The van der Waals surface area contributed by atoms with Crippen molar-refractivity contribution in [2.75, 3.05) is 18.9 Å². The first-order valence-corrected chi connectivity index (χ1v) is 9.26. The molecule has 0 aliphatic carbocycles. The lowest BCUT2D eigenvalue weighted by molar-refractivity contribution is -0.0598. The van der Waals surface area contributed by atoms with Gasteiger partial charge in [-0.15, -0.1) is 0 Å². The van der Waals surface area contributed by atoms with Gasteiger partial charge in [0.2, 0.25) is 0 Å². The Bertz CT molecular complexity index is 895.